The Balaban J connectivity index is 0.00000144. The van der Waals surface area contributed by atoms with E-state index in [1.165, 1.54) is 48.8 Å². The lowest BCUT2D eigenvalue weighted by molar-refractivity contribution is 0.307. The zero-order chi connectivity index (χ0) is 11.5. The molecule has 2 rings (SSSR count). The Morgan fingerprint density at radius 1 is 1.12 bits per heavy atom. The summed E-state index contributed by atoms with van der Waals surface area (Å²) in [5.74, 6) is 0.703. The van der Waals surface area contributed by atoms with E-state index < -0.39 is 0 Å². The molecule has 1 aliphatic carbocycles. The van der Waals surface area contributed by atoms with Crippen LogP contribution in [0.1, 0.15) is 54.8 Å². The van der Waals surface area contributed by atoms with Gasteiger partial charge in [-0.25, -0.2) is 0 Å². The number of benzene rings is 1. The van der Waals surface area contributed by atoms with Crippen molar-refractivity contribution in [1.82, 2.24) is 0 Å². The van der Waals surface area contributed by atoms with Gasteiger partial charge in [0.1, 0.15) is 0 Å². The van der Waals surface area contributed by atoms with Gasteiger partial charge in [0, 0.05) is 6.04 Å². The SMILES string of the molecule is Cc1ccc(C)c([C@@H](N)C2CCCCC2)c1.Cl. The van der Waals surface area contributed by atoms with Gasteiger partial charge < -0.3 is 5.73 Å². The molecule has 1 atom stereocenters. The highest BCUT2D eigenvalue weighted by Crippen LogP contribution is 2.34. The third-order valence-corrected chi connectivity index (χ3v) is 3.95. The first-order valence-corrected chi connectivity index (χ1v) is 6.51. The van der Waals surface area contributed by atoms with Crippen molar-refractivity contribution in [1.29, 1.82) is 0 Å². The number of nitrogens with two attached hydrogens (primary N) is 1. The largest absolute Gasteiger partial charge is 0.324 e. The highest BCUT2D eigenvalue weighted by Gasteiger charge is 2.22. The molecule has 1 aromatic carbocycles. The fourth-order valence-electron chi connectivity index (χ4n) is 2.87. The Bertz CT molecular complexity index is 356. The highest BCUT2D eigenvalue weighted by atomic mass is 35.5. The monoisotopic (exact) mass is 253 g/mol. The van der Waals surface area contributed by atoms with E-state index >= 15 is 0 Å². The second-order valence-corrected chi connectivity index (χ2v) is 5.28. The normalized spacial score (nSPS) is 18.5. The molecule has 0 saturated heterocycles. The first-order valence-electron chi connectivity index (χ1n) is 6.51. The Kier molecular flexibility index (Phi) is 5.48. The van der Waals surface area contributed by atoms with E-state index in [-0.39, 0.29) is 18.4 Å². The van der Waals surface area contributed by atoms with Crippen LogP contribution in [0.15, 0.2) is 18.2 Å². The maximum absolute atomic E-state index is 6.44. The summed E-state index contributed by atoms with van der Waals surface area (Å²) in [5.41, 5.74) is 10.5. The van der Waals surface area contributed by atoms with Gasteiger partial charge in [0.25, 0.3) is 0 Å². The third-order valence-electron chi connectivity index (χ3n) is 3.95. The average Bonchev–Trinajstić information content (AvgIpc) is 2.32. The number of hydrogen-bond acceptors (Lipinski definition) is 1. The van der Waals surface area contributed by atoms with Crippen molar-refractivity contribution in [3.63, 3.8) is 0 Å². The van der Waals surface area contributed by atoms with E-state index in [1.54, 1.807) is 0 Å². The molecule has 1 nitrogen and oxygen atoms in total. The lowest BCUT2D eigenvalue weighted by atomic mass is 9.80. The van der Waals surface area contributed by atoms with Crippen LogP contribution in [0.25, 0.3) is 0 Å². The number of halogens is 1. The predicted molar refractivity (Wildman–Crippen MR) is 76.7 cm³/mol. The van der Waals surface area contributed by atoms with Gasteiger partial charge in [0.15, 0.2) is 0 Å². The van der Waals surface area contributed by atoms with Crippen LogP contribution in [0.4, 0.5) is 0 Å². The molecule has 2 heteroatoms. The van der Waals surface area contributed by atoms with Crippen LogP contribution < -0.4 is 5.73 Å². The minimum absolute atomic E-state index is 0. The quantitative estimate of drug-likeness (QED) is 0.835. The van der Waals surface area contributed by atoms with E-state index in [2.05, 4.69) is 32.0 Å². The van der Waals surface area contributed by atoms with Gasteiger partial charge in [-0.05, 0) is 43.7 Å². The lowest BCUT2D eigenvalue weighted by Crippen LogP contribution is -2.24. The van der Waals surface area contributed by atoms with E-state index in [1.807, 2.05) is 0 Å². The second-order valence-electron chi connectivity index (χ2n) is 5.28. The van der Waals surface area contributed by atoms with Crippen LogP contribution in [0.3, 0.4) is 0 Å². The molecule has 1 aliphatic rings. The van der Waals surface area contributed by atoms with Crippen molar-refractivity contribution >= 4 is 12.4 Å². The smallest absolute Gasteiger partial charge is 0.0326 e. The standard InChI is InChI=1S/C15H23N.ClH/c1-11-8-9-12(2)14(10-11)15(16)13-6-4-3-5-7-13;/h8-10,13,15H,3-7,16H2,1-2H3;1H/t15-;/m0./s1. The minimum atomic E-state index is 0. The molecule has 0 unspecified atom stereocenters. The summed E-state index contributed by atoms with van der Waals surface area (Å²) in [6.07, 6.45) is 6.76. The molecule has 96 valence electrons. The number of aryl methyl sites for hydroxylation is 2. The van der Waals surface area contributed by atoms with Crippen molar-refractivity contribution in [2.45, 2.75) is 52.0 Å². The Hall–Kier alpha value is -0.530. The van der Waals surface area contributed by atoms with Crippen LogP contribution >= 0.6 is 12.4 Å². The Morgan fingerprint density at radius 3 is 2.41 bits per heavy atom. The average molecular weight is 254 g/mol. The molecule has 0 amide bonds. The Morgan fingerprint density at radius 2 is 1.76 bits per heavy atom. The molecule has 2 N–H and O–H groups in total. The van der Waals surface area contributed by atoms with Crippen molar-refractivity contribution < 1.29 is 0 Å². The second kappa shape index (κ2) is 6.42. The summed E-state index contributed by atoms with van der Waals surface area (Å²) in [4.78, 5) is 0. The number of rotatable bonds is 2. The molecule has 0 radical (unpaired) electrons. The summed E-state index contributed by atoms with van der Waals surface area (Å²) in [7, 11) is 0. The molecule has 1 saturated carbocycles. The molecule has 1 aromatic rings. The lowest BCUT2D eigenvalue weighted by Gasteiger charge is -2.29. The molecule has 17 heavy (non-hydrogen) atoms. The van der Waals surface area contributed by atoms with E-state index in [0.717, 1.165) is 0 Å². The highest BCUT2D eigenvalue weighted by molar-refractivity contribution is 5.85. The zero-order valence-corrected chi connectivity index (χ0v) is 11.7. The van der Waals surface area contributed by atoms with Crippen molar-refractivity contribution in [2.24, 2.45) is 11.7 Å². The topological polar surface area (TPSA) is 26.0 Å². The first kappa shape index (κ1) is 14.5. The van der Waals surface area contributed by atoms with Gasteiger partial charge in [-0.2, -0.15) is 0 Å². The summed E-state index contributed by atoms with van der Waals surface area (Å²) >= 11 is 0. The van der Waals surface area contributed by atoms with Crippen LogP contribution in [0.5, 0.6) is 0 Å². The van der Waals surface area contributed by atoms with Crippen LogP contribution in [-0.2, 0) is 0 Å². The van der Waals surface area contributed by atoms with Gasteiger partial charge in [-0.15, -0.1) is 12.4 Å². The van der Waals surface area contributed by atoms with Crippen molar-refractivity contribution in [3.05, 3.63) is 34.9 Å². The Labute approximate surface area is 111 Å². The first-order chi connectivity index (χ1) is 7.68. The third kappa shape index (κ3) is 3.46. The molecule has 0 aromatic heterocycles. The molecular weight excluding hydrogens is 230 g/mol. The van der Waals surface area contributed by atoms with Gasteiger partial charge in [-0.3, -0.25) is 0 Å². The van der Waals surface area contributed by atoms with Gasteiger partial charge in [-0.1, -0.05) is 43.0 Å². The maximum atomic E-state index is 6.44. The summed E-state index contributed by atoms with van der Waals surface area (Å²) in [5, 5.41) is 0. The molecular formula is C15H24ClN. The van der Waals surface area contributed by atoms with Crippen LogP contribution in [-0.4, -0.2) is 0 Å². The summed E-state index contributed by atoms with van der Waals surface area (Å²) in [6, 6.07) is 6.90. The number of hydrogen-bond donors (Lipinski definition) is 1. The fraction of sp³-hybridized carbons (Fsp3) is 0.600. The van der Waals surface area contributed by atoms with E-state index in [4.69, 9.17) is 5.73 Å². The summed E-state index contributed by atoms with van der Waals surface area (Å²) in [6.45, 7) is 4.33. The van der Waals surface area contributed by atoms with Gasteiger partial charge in [0.2, 0.25) is 0 Å². The zero-order valence-electron chi connectivity index (χ0n) is 10.9. The minimum Gasteiger partial charge on any atom is -0.324 e. The van der Waals surface area contributed by atoms with Crippen LogP contribution in [0, 0.1) is 19.8 Å². The molecule has 0 heterocycles. The maximum Gasteiger partial charge on any atom is 0.0326 e. The molecule has 1 fully saturated rings. The van der Waals surface area contributed by atoms with Crippen molar-refractivity contribution in [3.8, 4) is 0 Å². The van der Waals surface area contributed by atoms with Gasteiger partial charge >= 0.3 is 0 Å². The van der Waals surface area contributed by atoms with E-state index in [9.17, 15) is 0 Å². The summed E-state index contributed by atoms with van der Waals surface area (Å²) < 4.78 is 0. The fourth-order valence-corrected chi connectivity index (χ4v) is 2.87. The molecule has 0 aliphatic heterocycles. The predicted octanol–water partition coefficient (Wildman–Crippen LogP) is 4.31. The van der Waals surface area contributed by atoms with Crippen LogP contribution in [0.2, 0.25) is 0 Å². The molecule has 0 bridgehead atoms. The molecule has 0 spiro atoms. The van der Waals surface area contributed by atoms with E-state index in [0.29, 0.717) is 5.92 Å². The van der Waals surface area contributed by atoms with Gasteiger partial charge in [0.05, 0.1) is 0 Å². The van der Waals surface area contributed by atoms with Crippen molar-refractivity contribution in [2.75, 3.05) is 0 Å².